The largest absolute Gasteiger partial charge is 0.478 e. The number of carboxylic acid groups (broad SMARTS) is 2. The topological polar surface area (TPSA) is 103 Å². The summed E-state index contributed by atoms with van der Waals surface area (Å²) in [6.45, 7) is 3.37. The van der Waals surface area contributed by atoms with E-state index in [4.69, 9.17) is 21.8 Å². The first-order valence-electron chi connectivity index (χ1n) is 7.30. The number of carboxylic acids is 2. The molecule has 0 spiro atoms. The van der Waals surface area contributed by atoms with Gasteiger partial charge in [0, 0.05) is 31.3 Å². The minimum absolute atomic E-state index is 0.558. The average molecular weight is 419 g/mol. The molecule has 0 amide bonds. The fraction of sp³-hybridized carbons (Fsp3) is 0.400. The summed E-state index contributed by atoms with van der Waals surface area (Å²) in [6, 6.07) is 2.64. The van der Waals surface area contributed by atoms with Gasteiger partial charge in [0.05, 0.1) is 16.9 Å². The molecule has 7 nitrogen and oxygen atoms in total. The van der Waals surface area contributed by atoms with Crippen LogP contribution in [-0.2, 0) is 9.59 Å². The molecule has 3 N–H and O–H groups in total. The molecule has 1 aromatic rings. The molecule has 0 unspecified atom stereocenters. The Balaban J connectivity index is 0.000000224. The van der Waals surface area contributed by atoms with Crippen molar-refractivity contribution in [2.24, 2.45) is 5.92 Å². The molecule has 2 atom stereocenters. The van der Waals surface area contributed by atoms with Gasteiger partial charge in [-0.25, -0.2) is 14.6 Å². The van der Waals surface area contributed by atoms with E-state index >= 15 is 0 Å². The lowest BCUT2D eigenvalue weighted by atomic mass is 10.1. The van der Waals surface area contributed by atoms with E-state index in [2.05, 4.69) is 31.1 Å². The summed E-state index contributed by atoms with van der Waals surface area (Å²) in [7, 11) is 0. The molecular weight excluding hydrogens is 402 g/mol. The van der Waals surface area contributed by atoms with Crippen LogP contribution >= 0.6 is 27.5 Å². The minimum Gasteiger partial charge on any atom is -0.478 e. The first-order chi connectivity index (χ1) is 11.4. The second kappa shape index (κ2) is 8.46. The van der Waals surface area contributed by atoms with Crippen molar-refractivity contribution in [2.75, 3.05) is 24.5 Å². The minimum atomic E-state index is -1.26. The summed E-state index contributed by atoms with van der Waals surface area (Å²) in [5, 5.41) is 19.8. The van der Waals surface area contributed by atoms with Crippen LogP contribution < -0.4 is 10.2 Å². The number of anilines is 1. The summed E-state index contributed by atoms with van der Waals surface area (Å²) in [5.41, 5.74) is 1.13. The van der Waals surface area contributed by atoms with Gasteiger partial charge in [0.15, 0.2) is 0 Å². The highest BCUT2D eigenvalue weighted by Gasteiger charge is 2.36. The number of halogens is 2. The Hall–Kier alpha value is -1.64. The average Bonchev–Trinajstić information content (AvgIpc) is 3.10. The van der Waals surface area contributed by atoms with Crippen LogP contribution in [0.15, 0.2) is 29.0 Å². The third-order valence-corrected chi connectivity index (χ3v) is 5.03. The number of rotatable bonds is 3. The molecule has 1 aromatic heterocycles. The number of pyridine rings is 1. The van der Waals surface area contributed by atoms with E-state index < -0.39 is 11.9 Å². The monoisotopic (exact) mass is 417 g/mol. The van der Waals surface area contributed by atoms with Crippen molar-refractivity contribution in [1.29, 1.82) is 0 Å². The van der Waals surface area contributed by atoms with Crippen molar-refractivity contribution in [3.05, 3.63) is 34.0 Å². The molecule has 2 fully saturated rings. The molecule has 130 valence electrons. The lowest BCUT2D eigenvalue weighted by Gasteiger charge is -2.19. The van der Waals surface area contributed by atoms with Crippen molar-refractivity contribution in [2.45, 2.75) is 12.5 Å². The van der Waals surface area contributed by atoms with Crippen LogP contribution in [0.3, 0.4) is 0 Å². The molecule has 3 heterocycles. The second-order valence-electron chi connectivity index (χ2n) is 5.49. The van der Waals surface area contributed by atoms with Gasteiger partial charge in [-0.1, -0.05) is 11.6 Å². The maximum absolute atomic E-state index is 9.55. The van der Waals surface area contributed by atoms with E-state index in [0.717, 1.165) is 29.3 Å². The van der Waals surface area contributed by atoms with Gasteiger partial charge >= 0.3 is 11.9 Å². The Kier molecular flexibility index (Phi) is 6.59. The summed E-state index contributed by atoms with van der Waals surface area (Å²) in [6.07, 6.45) is 4.29. The molecule has 0 bridgehead atoms. The van der Waals surface area contributed by atoms with Gasteiger partial charge in [0.1, 0.15) is 4.60 Å². The molecule has 3 rings (SSSR count). The zero-order valence-corrected chi connectivity index (χ0v) is 15.0. The van der Waals surface area contributed by atoms with Crippen molar-refractivity contribution in [3.63, 3.8) is 0 Å². The first-order valence-corrected chi connectivity index (χ1v) is 8.47. The predicted molar refractivity (Wildman–Crippen MR) is 93.5 cm³/mol. The van der Waals surface area contributed by atoms with Crippen LogP contribution in [0.25, 0.3) is 0 Å². The molecule has 0 aliphatic carbocycles. The summed E-state index contributed by atoms with van der Waals surface area (Å²) < 4.78 is 0.718. The number of hydrogen-bond acceptors (Lipinski definition) is 5. The van der Waals surface area contributed by atoms with E-state index in [9.17, 15) is 9.59 Å². The molecule has 0 radical (unpaired) electrons. The van der Waals surface area contributed by atoms with E-state index in [1.54, 1.807) is 0 Å². The van der Waals surface area contributed by atoms with Gasteiger partial charge in [-0.05, 0) is 40.9 Å². The van der Waals surface area contributed by atoms with Crippen molar-refractivity contribution in [3.8, 4) is 0 Å². The van der Waals surface area contributed by atoms with E-state index in [1.807, 2.05) is 12.3 Å². The number of nitrogens with zero attached hydrogens (tertiary/aromatic N) is 2. The predicted octanol–water partition coefficient (Wildman–Crippen LogP) is 2.01. The van der Waals surface area contributed by atoms with Crippen LogP contribution in [0.2, 0.25) is 5.02 Å². The number of aliphatic carboxylic acids is 2. The van der Waals surface area contributed by atoms with Crippen LogP contribution in [0, 0.1) is 5.92 Å². The maximum Gasteiger partial charge on any atom is 0.328 e. The Morgan fingerprint density at radius 2 is 2.00 bits per heavy atom. The molecule has 9 heteroatoms. The van der Waals surface area contributed by atoms with Crippen LogP contribution in [0.4, 0.5) is 5.69 Å². The van der Waals surface area contributed by atoms with Gasteiger partial charge < -0.3 is 20.4 Å². The first kappa shape index (κ1) is 18.7. The van der Waals surface area contributed by atoms with Crippen molar-refractivity contribution >= 4 is 45.2 Å². The second-order valence-corrected chi connectivity index (χ2v) is 6.65. The highest BCUT2D eigenvalue weighted by Crippen LogP contribution is 2.31. The lowest BCUT2D eigenvalue weighted by Crippen LogP contribution is -2.30. The Morgan fingerprint density at radius 1 is 1.33 bits per heavy atom. The van der Waals surface area contributed by atoms with E-state index in [-0.39, 0.29) is 0 Å². The van der Waals surface area contributed by atoms with Crippen LogP contribution in [0.5, 0.6) is 0 Å². The maximum atomic E-state index is 9.55. The van der Waals surface area contributed by atoms with Gasteiger partial charge in [-0.3, -0.25) is 0 Å². The van der Waals surface area contributed by atoms with Crippen molar-refractivity contribution in [1.82, 2.24) is 10.3 Å². The molecule has 2 aliphatic rings. The quantitative estimate of drug-likeness (QED) is 0.509. The number of aromatic nitrogens is 1. The smallest absolute Gasteiger partial charge is 0.328 e. The highest BCUT2D eigenvalue weighted by atomic mass is 79.9. The van der Waals surface area contributed by atoms with Gasteiger partial charge in [-0.15, -0.1) is 0 Å². The third kappa shape index (κ3) is 5.19. The number of hydrogen-bond donors (Lipinski definition) is 3. The molecule has 0 aromatic carbocycles. The molecule has 0 saturated carbocycles. The Morgan fingerprint density at radius 3 is 2.54 bits per heavy atom. The summed E-state index contributed by atoms with van der Waals surface area (Å²) in [5.74, 6) is -1.72. The molecular formula is C15H17BrClN3O4. The van der Waals surface area contributed by atoms with E-state index in [0.29, 0.717) is 23.2 Å². The van der Waals surface area contributed by atoms with Gasteiger partial charge in [0.2, 0.25) is 0 Å². The highest BCUT2D eigenvalue weighted by molar-refractivity contribution is 9.10. The van der Waals surface area contributed by atoms with Gasteiger partial charge in [-0.2, -0.15) is 0 Å². The SMILES string of the molecule is Clc1cc(N2C[C@H]3CCN[C@H]3C2)cnc1Br.O=C(O)C=CC(=O)O. The normalized spacial score (nSPS) is 22.2. The third-order valence-electron chi connectivity index (χ3n) is 3.88. The Bertz CT molecular complexity index is 628. The molecule has 24 heavy (non-hydrogen) atoms. The summed E-state index contributed by atoms with van der Waals surface area (Å²) >= 11 is 9.37. The van der Waals surface area contributed by atoms with Crippen LogP contribution in [-0.4, -0.2) is 52.8 Å². The van der Waals surface area contributed by atoms with Crippen molar-refractivity contribution < 1.29 is 19.8 Å². The summed E-state index contributed by atoms with van der Waals surface area (Å²) in [4.78, 5) is 25.7. The number of nitrogens with one attached hydrogen (secondary N) is 1. The zero-order chi connectivity index (χ0) is 17.7. The number of carbonyl (C=O) groups is 2. The number of fused-ring (bicyclic) bond motifs is 1. The Labute approximate surface area is 152 Å². The zero-order valence-electron chi connectivity index (χ0n) is 12.7. The molecule has 2 saturated heterocycles. The molecule has 2 aliphatic heterocycles. The lowest BCUT2D eigenvalue weighted by molar-refractivity contribution is -0.134. The van der Waals surface area contributed by atoms with Gasteiger partial charge in [0.25, 0.3) is 0 Å². The standard InChI is InChI=1S/C11H13BrClN3.C4H4O4/c12-11-9(13)3-8(4-15-11)16-5-7-1-2-14-10(7)6-16;5-3(6)1-2-4(7)8/h3-4,7,10,14H,1-2,5-6H2;1-2H,(H,5,6)(H,7,8)/t7-,10+;/m1./s1. The fourth-order valence-corrected chi connectivity index (χ4v) is 3.16. The van der Waals surface area contributed by atoms with E-state index in [1.165, 1.54) is 13.0 Å². The fourth-order valence-electron chi connectivity index (χ4n) is 2.79. The van der Waals surface area contributed by atoms with Crippen LogP contribution in [0.1, 0.15) is 6.42 Å².